The molecule has 0 N–H and O–H groups in total. The minimum Gasteiger partial charge on any atom is -0.217 e. The van der Waals surface area contributed by atoms with Crippen LogP contribution in [0.15, 0.2) is 54.6 Å². The van der Waals surface area contributed by atoms with Crippen molar-refractivity contribution in [1.29, 1.82) is 0 Å². The quantitative estimate of drug-likeness (QED) is 0.347. The standard InChI is InChI=1S/C19H17ClN2/c1-3-5-8-13(4-2)17-16-12-11-14-9-6-7-10-15(14)18(16)22-19(20)21-17/h4-12H,3H2,1-2H3/b8-5-,13-4+. The maximum atomic E-state index is 6.19. The van der Waals surface area contributed by atoms with E-state index in [1.807, 2.05) is 19.1 Å². The summed E-state index contributed by atoms with van der Waals surface area (Å²) in [6.45, 7) is 4.13. The minimum atomic E-state index is 0.281. The van der Waals surface area contributed by atoms with E-state index in [-0.39, 0.29) is 5.28 Å². The molecule has 0 amide bonds. The summed E-state index contributed by atoms with van der Waals surface area (Å²) in [6.07, 6.45) is 7.25. The zero-order valence-electron chi connectivity index (χ0n) is 12.7. The number of rotatable bonds is 3. The third kappa shape index (κ3) is 2.62. The lowest BCUT2D eigenvalue weighted by molar-refractivity contribution is 1.19. The van der Waals surface area contributed by atoms with Gasteiger partial charge in [0, 0.05) is 10.8 Å². The average Bonchev–Trinajstić information content (AvgIpc) is 2.55. The van der Waals surface area contributed by atoms with Crippen molar-refractivity contribution in [2.45, 2.75) is 20.3 Å². The van der Waals surface area contributed by atoms with Gasteiger partial charge in [0.1, 0.15) is 0 Å². The molecule has 0 aliphatic rings. The number of hydrogen-bond acceptors (Lipinski definition) is 2. The molecule has 0 atom stereocenters. The molecule has 0 bridgehead atoms. The Labute approximate surface area is 135 Å². The van der Waals surface area contributed by atoms with Crippen molar-refractivity contribution < 1.29 is 0 Å². The molecule has 1 heterocycles. The van der Waals surface area contributed by atoms with Crippen LogP contribution in [-0.4, -0.2) is 9.97 Å². The Morgan fingerprint density at radius 3 is 2.68 bits per heavy atom. The van der Waals surface area contributed by atoms with Crippen molar-refractivity contribution in [1.82, 2.24) is 9.97 Å². The van der Waals surface area contributed by atoms with Crippen LogP contribution < -0.4 is 0 Å². The lowest BCUT2D eigenvalue weighted by Gasteiger charge is -2.09. The maximum absolute atomic E-state index is 6.19. The second-order valence-corrected chi connectivity index (χ2v) is 5.42. The fraction of sp³-hybridized carbons (Fsp3) is 0.158. The third-order valence-electron chi connectivity index (χ3n) is 3.68. The Morgan fingerprint density at radius 2 is 1.91 bits per heavy atom. The van der Waals surface area contributed by atoms with Crippen molar-refractivity contribution in [3.8, 4) is 0 Å². The van der Waals surface area contributed by atoms with Crippen LogP contribution in [0.4, 0.5) is 0 Å². The van der Waals surface area contributed by atoms with Gasteiger partial charge >= 0.3 is 0 Å². The van der Waals surface area contributed by atoms with Gasteiger partial charge in [0.2, 0.25) is 5.28 Å². The topological polar surface area (TPSA) is 25.8 Å². The summed E-state index contributed by atoms with van der Waals surface area (Å²) in [5.74, 6) is 0. The summed E-state index contributed by atoms with van der Waals surface area (Å²) in [6, 6.07) is 12.4. The van der Waals surface area contributed by atoms with Gasteiger partial charge in [-0.15, -0.1) is 0 Å². The number of nitrogens with zero attached hydrogens (tertiary/aromatic N) is 2. The summed E-state index contributed by atoms with van der Waals surface area (Å²) in [4.78, 5) is 8.93. The second-order valence-electron chi connectivity index (χ2n) is 5.08. The van der Waals surface area contributed by atoms with E-state index in [1.54, 1.807) is 0 Å². The van der Waals surface area contributed by atoms with Crippen molar-refractivity contribution >= 4 is 38.8 Å². The predicted octanol–water partition coefficient (Wildman–Crippen LogP) is 5.81. The first-order valence-corrected chi connectivity index (χ1v) is 7.80. The van der Waals surface area contributed by atoms with Gasteiger partial charge in [-0.1, -0.05) is 55.5 Å². The normalized spacial score (nSPS) is 12.6. The summed E-state index contributed by atoms with van der Waals surface area (Å²) in [5.41, 5.74) is 2.84. The van der Waals surface area contributed by atoms with E-state index >= 15 is 0 Å². The smallest absolute Gasteiger partial charge is 0.217 e. The molecule has 0 spiro atoms. The Hall–Kier alpha value is -2.19. The van der Waals surface area contributed by atoms with E-state index in [2.05, 4.69) is 59.4 Å². The molecule has 0 aliphatic heterocycles. The average molecular weight is 309 g/mol. The van der Waals surface area contributed by atoms with Crippen molar-refractivity contribution in [2.75, 3.05) is 0 Å². The molecule has 110 valence electrons. The fourth-order valence-corrected chi connectivity index (χ4v) is 2.78. The van der Waals surface area contributed by atoms with E-state index in [4.69, 9.17) is 11.6 Å². The van der Waals surface area contributed by atoms with Crippen LogP contribution in [0.5, 0.6) is 0 Å². The zero-order chi connectivity index (χ0) is 15.5. The summed E-state index contributed by atoms with van der Waals surface area (Å²) in [5, 5.41) is 3.56. The fourth-order valence-electron chi connectivity index (χ4n) is 2.61. The van der Waals surface area contributed by atoms with Gasteiger partial charge in [0.25, 0.3) is 0 Å². The van der Waals surface area contributed by atoms with Crippen LogP contribution >= 0.6 is 11.6 Å². The van der Waals surface area contributed by atoms with Crippen molar-refractivity contribution in [3.63, 3.8) is 0 Å². The van der Waals surface area contributed by atoms with Gasteiger partial charge in [-0.25, -0.2) is 9.97 Å². The third-order valence-corrected chi connectivity index (χ3v) is 3.85. The summed E-state index contributed by atoms with van der Waals surface area (Å²) < 4.78 is 0. The monoisotopic (exact) mass is 308 g/mol. The zero-order valence-corrected chi connectivity index (χ0v) is 13.4. The van der Waals surface area contributed by atoms with E-state index < -0.39 is 0 Å². The highest BCUT2D eigenvalue weighted by Gasteiger charge is 2.11. The van der Waals surface area contributed by atoms with E-state index in [1.165, 1.54) is 0 Å². The largest absolute Gasteiger partial charge is 0.223 e. The van der Waals surface area contributed by atoms with Crippen LogP contribution in [0.25, 0.3) is 27.2 Å². The first kappa shape index (κ1) is 14.7. The van der Waals surface area contributed by atoms with Gasteiger partial charge in [-0.3, -0.25) is 0 Å². The van der Waals surface area contributed by atoms with Gasteiger partial charge in [-0.2, -0.15) is 0 Å². The molecule has 3 heteroatoms. The Morgan fingerprint density at radius 1 is 1.09 bits per heavy atom. The summed E-state index contributed by atoms with van der Waals surface area (Å²) >= 11 is 6.19. The Kier molecular flexibility index (Phi) is 4.21. The number of hydrogen-bond donors (Lipinski definition) is 0. The number of aromatic nitrogens is 2. The molecule has 1 aromatic heterocycles. The molecule has 0 saturated carbocycles. The molecule has 3 rings (SSSR count). The lowest BCUT2D eigenvalue weighted by Crippen LogP contribution is -1.95. The first-order valence-electron chi connectivity index (χ1n) is 7.42. The highest BCUT2D eigenvalue weighted by molar-refractivity contribution is 6.29. The van der Waals surface area contributed by atoms with Gasteiger partial charge in [0.05, 0.1) is 11.2 Å². The minimum absolute atomic E-state index is 0.281. The molecular formula is C19H17ClN2. The first-order chi connectivity index (χ1) is 10.7. The second kappa shape index (κ2) is 6.29. The van der Waals surface area contributed by atoms with Crippen LogP contribution in [-0.2, 0) is 0 Å². The number of allylic oxidation sites excluding steroid dienone is 4. The van der Waals surface area contributed by atoms with Crippen LogP contribution in [0.2, 0.25) is 5.28 Å². The van der Waals surface area contributed by atoms with Crippen molar-refractivity contribution in [2.24, 2.45) is 0 Å². The Bertz CT molecular complexity index is 894. The molecule has 22 heavy (non-hydrogen) atoms. The molecule has 0 radical (unpaired) electrons. The van der Waals surface area contributed by atoms with E-state index in [9.17, 15) is 0 Å². The van der Waals surface area contributed by atoms with Crippen molar-refractivity contribution in [3.05, 3.63) is 65.6 Å². The van der Waals surface area contributed by atoms with Gasteiger partial charge in [0.15, 0.2) is 0 Å². The number of benzene rings is 2. The van der Waals surface area contributed by atoms with Gasteiger partial charge < -0.3 is 0 Å². The SMILES string of the molecule is C/C=C(\C=C/CC)c1nc(Cl)nc2c1ccc1ccccc12. The number of halogens is 1. The van der Waals surface area contributed by atoms with E-state index in [0.717, 1.165) is 39.4 Å². The van der Waals surface area contributed by atoms with Gasteiger partial charge in [-0.05, 0) is 42.0 Å². The predicted molar refractivity (Wildman–Crippen MR) is 95.1 cm³/mol. The van der Waals surface area contributed by atoms with Crippen LogP contribution in [0, 0.1) is 0 Å². The molecule has 3 aromatic rings. The number of fused-ring (bicyclic) bond motifs is 3. The molecule has 0 unspecified atom stereocenters. The highest BCUT2D eigenvalue weighted by Crippen LogP contribution is 2.30. The molecule has 2 nitrogen and oxygen atoms in total. The van der Waals surface area contributed by atoms with Crippen LogP contribution in [0.1, 0.15) is 26.0 Å². The summed E-state index contributed by atoms with van der Waals surface area (Å²) in [7, 11) is 0. The van der Waals surface area contributed by atoms with E-state index in [0.29, 0.717) is 0 Å². The molecule has 0 aliphatic carbocycles. The molecule has 0 fully saturated rings. The highest BCUT2D eigenvalue weighted by atomic mass is 35.5. The lowest BCUT2D eigenvalue weighted by atomic mass is 10.0. The van der Waals surface area contributed by atoms with Crippen LogP contribution in [0.3, 0.4) is 0 Å². The molecular weight excluding hydrogens is 292 g/mol. The maximum Gasteiger partial charge on any atom is 0.223 e. The molecule has 0 saturated heterocycles. The Balaban J connectivity index is 2.36. The molecule has 2 aromatic carbocycles.